The van der Waals surface area contributed by atoms with Crippen LogP contribution in [-0.4, -0.2) is 0 Å². The highest BCUT2D eigenvalue weighted by atomic mass is 16.4. The van der Waals surface area contributed by atoms with E-state index in [1.165, 1.54) is 11.6 Å². The first-order valence-electron chi connectivity index (χ1n) is 7.63. The molecule has 4 aromatic rings. The fourth-order valence-corrected chi connectivity index (χ4v) is 3.10. The summed E-state index contributed by atoms with van der Waals surface area (Å²) >= 11 is 0. The van der Waals surface area contributed by atoms with Crippen LogP contribution in [0.3, 0.4) is 0 Å². The highest BCUT2D eigenvalue weighted by Gasteiger charge is 2.16. The van der Waals surface area contributed by atoms with Gasteiger partial charge in [-0.3, -0.25) is 0 Å². The highest BCUT2D eigenvalue weighted by Crippen LogP contribution is 2.33. The molecule has 0 N–H and O–H groups in total. The van der Waals surface area contributed by atoms with Crippen molar-refractivity contribution in [1.29, 1.82) is 0 Å². The molecule has 0 aliphatic rings. The molecule has 114 valence electrons. The predicted molar refractivity (Wildman–Crippen MR) is 91.0 cm³/mol. The molecule has 23 heavy (non-hydrogen) atoms. The van der Waals surface area contributed by atoms with E-state index in [0.717, 1.165) is 39.7 Å². The molecule has 4 rings (SSSR count). The lowest BCUT2D eigenvalue weighted by molar-refractivity contribution is 0.556. The van der Waals surface area contributed by atoms with Gasteiger partial charge in [-0.25, -0.2) is 4.79 Å². The predicted octanol–water partition coefficient (Wildman–Crippen LogP) is 4.75. The summed E-state index contributed by atoms with van der Waals surface area (Å²) in [6, 6.07) is 15.6. The molecular formula is C20H16O3. The Bertz CT molecular complexity index is 1070. The van der Waals surface area contributed by atoms with Gasteiger partial charge >= 0.3 is 5.63 Å². The lowest BCUT2D eigenvalue weighted by Crippen LogP contribution is -1.98. The van der Waals surface area contributed by atoms with E-state index in [0.29, 0.717) is 5.58 Å². The van der Waals surface area contributed by atoms with Gasteiger partial charge in [0.15, 0.2) is 0 Å². The number of hydrogen-bond donors (Lipinski definition) is 0. The fourth-order valence-electron chi connectivity index (χ4n) is 3.10. The van der Waals surface area contributed by atoms with Crippen LogP contribution < -0.4 is 5.63 Å². The molecule has 3 nitrogen and oxygen atoms in total. The molecule has 0 spiro atoms. The SMILES string of the molecule is Cc1cc(=O)oc2c1ccc1oc(Cc3ccccc3)c(C)c12. The smallest absolute Gasteiger partial charge is 0.336 e. The minimum Gasteiger partial charge on any atom is -0.460 e. The maximum atomic E-state index is 11.8. The number of rotatable bonds is 2. The van der Waals surface area contributed by atoms with E-state index in [9.17, 15) is 4.79 Å². The van der Waals surface area contributed by atoms with Gasteiger partial charge < -0.3 is 8.83 Å². The van der Waals surface area contributed by atoms with Crippen LogP contribution in [0.25, 0.3) is 21.9 Å². The molecule has 0 atom stereocenters. The quantitative estimate of drug-likeness (QED) is 0.502. The summed E-state index contributed by atoms with van der Waals surface area (Å²) in [5.74, 6) is 0.905. The maximum absolute atomic E-state index is 11.8. The van der Waals surface area contributed by atoms with Crippen LogP contribution in [0.4, 0.5) is 0 Å². The van der Waals surface area contributed by atoms with Gasteiger partial charge in [0.2, 0.25) is 0 Å². The van der Waals surface area contributed by atoms with E-state index < -0.39 is 0 Å². The van der Waals surface area contributed by atoms with Gasteiger partial charge in [-0.05, 0) is 37.1 Å². The Balaban J connectivity index is 1.97. The Morgan fingerprint density at radius 2 is 1.74 bits per heavy atom. The van der Waals surface area contributed by atoms with Crippen LogP contribution >= 0.6 is 0 Å². The second kappa shape index (κ2) is 5.13. The van der Waals surface area contributed by atoms with E-state index >= 15 is 0 Å². The van der Waals surface area contributed by atoms with Crippen molar-refractivity contribution < 1.29 is 8.83 Å². The second-order valence-corrected chi connectivity index (χ2v) is 5.88. The minimum atomic E-state index is -0.326. The van der Waals surface area contributed by atoms with Gasteiger partial charge in [0.05, 0.1) is 5.39 Å². The van der Waals surface area contributed by atoms with Crippen LogP contribution in [0.2, 0.25) is 0 Å². The number of furan rings is 1. The lowest BCUT2D eigenvalue weighted by atomic mass is 10.0. The third-order valence-corrected chi connectivity index (χ3v) is 4.32. The molecule has 0 radical (unpaired) electrons. The molecule has 0 amide bonds. The van der Waals surface area contributed by atoms with E-state index in [2.05, 4.69) is 12.1 Å². The molecule has 0 saturated heterocycles. The van der Waals surface area contributed by atoms with Crippen molar-refractivity contribution in [3.63, 3.8) is 0 Å². The molecule has 0 bridgehead atoms. The van der Waals surface area contributed by atoms with Gasteiger partial charge in [-0.1, -0.05) is 30.3 Å². The topological polar surface area (TPSA) is 43.4 Å². The van der Waals surface area contributed by atoms with Crippen LogP contribution in [0.5, 0.6) is 0 Å². The summed E-state index contributed by atoms with van der Waals surface area (Å²) in [5.41, 5.74) is 4.19. The molecule has 2 heterocycles. The highest BCUT2D eigenvalue weighted by molar-refractivity contribution is 6.05. The molecule has 2 aromatic carbocycles. The van der Waals surface area contributed by atoms with Gasteiger partial charge in [0.25, 0.3) is 0 Å². The van der Waals surface area contributed by atoms with Crippen molar-refractivity contribution in [2.75, 3.05) is 0 Å². The van der Waals surface area contributed by atoms with E-state index in [4.69, 9.17) is 8.83 Å². The Morgan fingerprint density at radius 3 is 2.52 bits per heavy atom. The molecule has 0 aliphatic carbocycles. The molecule has 0 saturated carbocycles. The number of aryl methyl sites for hydroxylation is 2. The van der Waals surface area contributed by atoms with Crippen molar-refractivity contribution in [3.05, 3.63) is 81.4 Å². The largest absolute Gasteiger partial charge is 0.460 e. The van der Waals surface area contributed by atoms with Crippen LogP contribution in [0, 0.1) is 13.8 Å². The Kier molecular flexibility index (Phi) is 3.08. The van der Waals surface area contributed by atoms with Crippen molar-refractivity contribution in [2.24, 2.45) is 0 Å². The third kappa shape index (κ3) is 2.25. The maximum Gasteiger partial charge on any atom is 0.336 e. The van der Waals surface area contributed by atoms with Crippen molar-refractivity contribution >= 4 is 21.9 Å². The summed E-state index contributed by atoms with van der Waals surface area (Å²) in [4.78, 5) is 11.8. The number of hydrogen-bond acceptors (Lipinski definition) is 3. The molecular weight excluding hydrogens is 288 g/mol. The zero-order valence-corrected chi connectivity index (χ0v) is 13.1. The normalized spacial score (nSPS) is 11.4. The minimum absolute atomic E-state index is 0.326. The van der Waals surface area contributed by atoms with E-state index in [1.54, 1.807) is 0 Å². The summed E-state index contributed by atoms with van der Waals surface area (Å²) < 4.78 is 11.5. The Morgan fingerprint density at radius 1 is 0.957 bits per heavy atom. The summed E-state index contributed by atoms with van der Waals surface area (Å²) in [7, 11) is 0. The third-order valence-electron chi connectivity index (χ3n) is 4.32. The monoisotopic (exact) mass is 304 g/mol. The van der Waals surface area contributed by atoms with E-state index in [1.807, 2.05) is 44.2 Å². The summed E-state index contributed by atoms with van der Waals surface area (Å²) in [5, 5.41) is 1.85. The van der Waals surface area contributed by atoms with Crippen LogP contribution in [-0.2, 0) is 6.42 Å². The van der Waals surface area contributed by atoms with Gasteiger partial charge in [-0.15, -0.1) is 0 Å². The van der Waals surface area contributed by atoms with Crippen LogP contribution in [0.15, 0.2) is 62.2 Å². The van der Waals surface area contributed by atoms with E-state index in [-0.39, 0.29) is 5.63 Å². The summed E-state index contributed by atoms with van der Waals surface area (Å²) in [6.45, 7) is 3.94. The van der Waals surface area contributed by atoms with Crippen LogP contribution in [0.1, 0.15) is 22.5 Å². The number of benzene rings is 2. The molecule has 0 unspecified atom stereocenters. The summed E-state index contributed by atoms with van der Waals surface area (Å²) in [6.07, 6.45) is 0.721. The Hall–Kier alpha value is -2.81. The average Bonchev–Trinajstić information content (AvgIpc) is 2.85. The molecule has 0 fully saturated rings. The van der Waals surface area contributed by atoms with Crippen molar-refractivity contribution in [1.82, 2.24) is 0 Å². The lowest BCUT2D eigenvalue weighted by Gasteiger charge is -2.01. The van der Waals surface area contributed by atoms with Gasteiger partial charge in [0, 0.05) is 23.4 Å². The van der Waals surface area contributed by atoms with Gasteiger partial charge in [0.1, 0.15) is 16.9 Å². The fraction of sp³-hybridized carbons (Fsp3) is 0.150. The van der Waals surface area contributed by atoms with Crippen molar-refractivity contribution in [2.45, 2.75) is 20.3 Å². The average molecular weight is 304 g/mol. The zero-order valence-electron chi connectivity index (χ0n) is 13.1. The number of fused-ring (bicyclic) bond motifs is 3. The van der Waals surface area contributed by atoms with Gasteiger partial charge in [-0.2, -0.15) is 0 Å². The first-order chi connectivity index (χ1) is 11.1. The van der Waals surface area contributed by atoms with Crippen molar-refractivity contribution in [3.8, 4) is 0 Å². The second-order valence-electron chi connectivity index (χ2n) is 5.88. The first kappa shape index (κ1) is 13.8. The zero-order chi connectivity index (χ0) is 16.0. The first-order valence-corrected chi connectivity index (χ1v) is 7.63. The molecule has 2 aromatic heterocycles. The molecule has 0 aliphatic heterocycles. The standard InChI is InChI=1S/C20H16O3/c1-12-10-18(21)23-20-15(12)8-9-16-19(20)13(2)17(22-16)11-14-6-4-3-5-7-14/h3-10H,11H2,1-2H3. The molecule has 3 heteroatoms. The Labute approximate surface area is 133 Å².